The summed E-state index contributed by atoms with van der Waals surface area (Å²) in [7, 11) is -3.79. The van der Waals surface area contributed by atoms with Crippen LogP contribution < -0.4 is 4.72 Å². The minimum atomic E-state index is -3.79. The Labute approximate surface area is 173 Å². The van der Waals surface area contributed by atoms with E-state index in [1.807, 2.05) is 66.7 Å². The average molecular weight is 420 g/mol. The summed E-state index contributed by atoms with van der Waals surface area (Å²) < 4.78 is 27.9. The molecule has 4 rings (SSSR count). The second-order valence-corrected chi connectivity index (χ2v) is 8.89. The van der Waals surface area contributed by atoms with Crippen LogP contribution in [0.4, 0.5) is 5.95 Å². The van der Waals surface area contributed by atoms with Gasteiger partial charge < -0.3 is 0 Å². The van der Waals surface area contributed by atoms with Gasteiger partial charge in [0, 0.05) is 10.5 Å². The third-order valence-electron chi connectivity index (χ3n) is 4.02. The fourth-order valence-electron chi connectivity index (χ4n) is 2.67. The number of anilines is 1. The molecule has 0 aliphatic carbocycles. The Morgan fingerprint density at radius 3 is 1.97 bits per heavy atom. The van der Waals surface area contributed by atoms with Crippen LogP contribution in [0.25, 0.3) is 11.3 Å². The zero-order chi connectivity index (χ0) is 20.1. The fraction of sp³-hybridized carbons (Fsp3) is 0. The third-order valence-corrected chi connectivity index (χ3v) is 6.29. The number of hydrogen-bond donors (Lipinski definition) is 1. The van der Waals surface area contributed by atoms with Crippen molar-refractivity contribution in [3.63, 3.8) is 0 Å². The van der Waals surface area contributed by atoms with E-state index in [1.165, 1.54) is 23.9 Å². The lowest BCUT2D eigenvalue weighted by Crippen LogP contribution is -2.15. The molecule has 0 aliphatic rings. The summed E-state index contributed by atoms with van der Waals surface area (Å²) >= 11 is 1.45. The van der Waals surface area contributed by atoms with E-state index in [4.69, 9.17) is 0 Å². The second kappa shape index (κ2) is 8.46. The van der Waals surface area contributed by atoms with Gasteiger partial charge in [-0.3, -0.25) is 0 Å². The predicted octanol–water partition coefficient (Wildman–Crippen LogP) is 5.10. The molecule has 1 heterocycles. The van der Waals surface area contributed by atoms with Crippen LogP contribution in [0.15, 0.2) is 112 Å². The number of nitrogens with one attached hydrogen (secondary N) is 1. The first kappa shape index (κ1) is 19.2. The summed E-state index contributed by atoms with van der Waals surface area (Å²) in [5.74, 6) is 0.0358. The first-order valence-electron chi connectivity index (χ1n) is 8.85. The maximum Gasteiger partial charge on any atom is 0.264 e. The van der Waals surface area contributed by atoms with Crippen molar-refractivity contribution in [2.24, 2.45) is 0 Å². The van der Waals surface area contributed by atoms with E-state index in [-0.39, 0.29) is 10.8 Å². The highest BCUT2D eigenvalue weighted by atomic mass is 32.2. The number of hydrogen-bond acceptors (Lipinski definition) is 5. The lowest BCUT2D eigenvalue weighted by atomic mass is 10.1. The molecule has 0 saturated heterocycles. The van der Waals surface area contributed by atoms with Crippen molar-refractivity contribution in [2.45, 2.75) is 14.8 Å². The molecule has 1 aromatic heterocycles. The quantitative estimate of drug-likeness (QED) is 0.441. The minimum Gasteiger partial charge on any atom is -0.247 e. The van der Waals surface area contributed by atoms with Crippen LogP contribution in [-0.2, 0) is 10.0 Å². The highest BCUT2D eigenvalue weighted by molar-refractivity contribution is 7.99. The molecule has 0 amide bonds. The Balaban J connectivity index is 1.73. The molecule has 5 nitrogen and oxygen atoms in total. The Morgan fingerprint density at radius 1 is 0.724 bits per heavy atom. The molecular weight excluding hydrogens is 402 g/mol. The number of aromatic nitrogens is 2. The van der Waals surface area contributed by atoms with E-state index in [0.29, 0.717) is 10.7 Å². The summed E-state index contributed by atoms with van der Waals surface area (Å²) in [5.41, 5.74) is 1.52. The van der Waals surface area contributed by atoms with E-state index >= 15 is 0 Å². The lowest BCUT2D eigenvalue weighted by Gasteiger charge is -2.10. The van der Waals surface area contributed by atoms with Crippen LogP contribution in [0.1, 0.15) is 0 Å². The van der Waals surface area contributed by atoms with Crippen LogP contribution in [-0.4, -0.2) is 18.4 Å². The summed E-state index contributed by atoms with van der Waals surface area (Å²) in [6.45, 7) is 0. The zero-order valence-corrected chi connectivity index (χ0v) is 16.9. The van der Waals surface area contributed by atoms with Gasteiger partial charge in [0.05, 0.1) is 10.6 Å². The van der Waals surface area contributed by atoms with Gasteiger partial charge in [0.2, 0.25) is 5.95 Å². The van der Waals surface area contributed by atoms with Gasteiger partial charge in [-0.25, -0.2) is 23.1 Å². The van der Waals surface area contributed by atoms with Gasteiger partial charge in [-0.15, -0.1) is 0 Å². The third kappa shape index (κ3) is 4.82. The van der Waals surface area contributed by atoms with Gasteiger partial charge in [0.15, 0.2) is 0 Å². The molecule has 1 N–H and O–H groups in total. The maximum atomic E-state index is 12.7. The molecule has 144 valence electrons. The minimum absolute atomic E-state index is 0.0358. The Morgan fingerprint density at radius 2 is 1.31 bits per heavy atom. The van der Waals surface area contributed by atoms with Crippen molar-refractivity contribution >= 4 is 27.7 Å². The molecule has 0 atom stereocenters. The molecule has 29 heavy (non-hydrogen) atoms. The Bertz CT molecular complexity index is 1200. The van der Waals surface area contributed by atoms with E-state index in [1.54, 1.807) is 18.2 Å². The largest absolute Gasteiger partial charge is 0.264 e. The highest BCUT2D eigenvalue weighted by Crippen LogP contribution is 2.30. The van der Waals surface area contributed by atoms with Crippen molar-refractivity contribution in [2.75, 3.05) is 4.72 Å². The van der Waals surface area contributed by atoms with Gasteiger partial charge in [0.25, 0.3) is 10.0 Å². The van der Waals surface area contributed by atoms with Crippen LogP contribution in [0.2, 0.25) is 0 Å². The predicted molar refractivity (Wildman–Crippen MR) is 115 cm³/mol. The van der Waals surface area contributed by atoms with Crippen molar-refractivity contribution < 1.29 is 8.42 Å². The average Bonchev–Trinajstić information content (AvgIpc) is 2.75. The van der Waals surface area contributed by atoms with Crippen LogP contribution >= 0.6 is 11.8 Å². The van der Waals surface area contributed by atoms with Crippen LogP contribution in [0.3, 0.4) is 0 Å². The first-order chi connectivity index (χ1) is 14.1. The Hall–Kier alpha value is -3.16. The standard InChI is InChI=1S/C22H17N3O2S2/c26-29(27,19-14-8-3-9-15-19)25-22-23-20(17-10-4-1-5-11-17)16-21(24-22)28-18-12-6-2-7-13-18/h1-16H,(H,23,24,25). The van der Waals surface area contributed by atoms with Gasteiger partial charge in [-0.1, -0.05) is 78.5 Å². The molecule has 7 heteroatoms. The fourth-order valence-corrected chi connectivity index (χ4v) is 4.47. The lowest BCUT2D eigenvalue weighted by molar-refractivity contribution is 0.600. The van der Waals surface area contributed by atoms with Crippen molar-refractivity contribution in [3.05, 3.63) is 97.1 Å². The zero-order valence-electron chi connectivity index (χ0n) is 15.3. The van der Waals surface area contributed by atoms with Gasteiger partial charge >= 0.3 is 0 Å². The smallest absolute Gasteiger partial charge is 0.247 e. The van der Waals surface area contributed by atoms with E-state index in [2.05, 4.69) is 14.7 Å². The molecule has 0 saturated carbocycles. The monoisotopic (exact) mass is 419 g/mol. The molecule has 0 radical (unpaired) electrons. The SMILES string of the molecule is O=S(=O)(Nc1nc(Sc2ccccc2)cc(-c2ccccc2)n1)c1ccccc1. The van der Waals surface area contributed by atoms with E-state index in [0.717, 1.165) is 10.5 Å². The summed E-state index contributed by atoms with van der Waals surface area (Å²) in [4.78, 5) is 10.0. The molecule has 3 aromatic carbocycles. The second-order valence-electron chi connectivity index (χ2n) is 6.11. The number of benzene rings is 3. The maximum absolute atomic E-state index is 12.7. The molecule has 0 bridgehead atoms. The molecule has 0 fully saturated rings. The van der Waals surface area contributed by atoms with Crippen molar-refractivity contribution in [3.8, 4) is 11.3 Å². The summed E-state index contributed by atoms with van der Waals surface area (Å²) in [5, 5.41) is 0.649. The van der Waals surface area contributed by atoms with E-state index in [9.17, 15) is 8.42 Å². The van der Waals surface area contributed by atoms with Gasteiger partial charge in [-0.2, -0.15) is 0 Å². The van der Waals surface area contributed by atoms with Crippen molar-refractivity contribution in [1.29, 1.82) is 0 Å². The Kier molecular flexibility index (Phi) is 5.59. The molecule has 0 unspecified atom stereocenters. The van der Waals surface area contributed by atoms with Crippen LogP contribution in [0, 0.1) is 0 Å². The normalized spacial score (nSPS) is 11.2. The summed E-state index contributed by atoms with van der Waals surface area (Å²) in [6.07, 6.45) is 0. The molecular formula is C22H17N3O2S2. The number of nitrogens with zero attached hydrogens (tertiary/aromatic N) is 2. The molecule has 4 aromatic rings. The summed E-state index contributed by atoms with van der Waals surface area (Å²) in [6, 6.07) is 29.4. The van der Waals surface area contributed by atoms with Gasteiger partial charge in [0.1, 0.15) is 5.03 Å². The molecule has 0 spiro atoms. The molecule has 0 aliphatic heterocycles. The van der Waals surface area contributed by atoms with E-state index < -0.39 is 10.0 Å². The number of rotatable bonds is 6. The topological polar surface area (TPSA) is 72.0 Å². The number of sulfonamides is 1. The van der Waals surface area contributed by atoms with Crippen molar-refractivity contribution in [1.82, 2.24) is 9.97 Å². The van der Waals surface area contributed by atoms with Crippen LogP contribution in [0.5, 0.6) is 0 Å². The van der Waals surface area contributed by atoms with Gasteiger partial charge in [-0.05, 0) is 30.3 Å². The highest BCUT2D eigenvalue weighted by Gasteiger charge is 2.17. The first-order valence-corrected chi connectivity index (χ1v) is 11.2.